The number of piperidine rings is 1. The Bertz CT molecular complexity index is 815. The average molecular weight is 402 g/mol. The normalized spacial score (nSPS) is 26.5. The molecule has 3 N–H and O–H groups in total. The predicted molar refractivity (Wildman–Crippen MR) is 93.8 cm³/mol. The van der Waals surface area contributed by atoms with Gasteiger partial charge in [0, 0.05) is 11.7 Å². The van der Waals surface area contributed by atoms with Crippen molar-refractivity contribution < 1.29 is 24.4 Å². The summed E-state index contributed by atoms with van der Waals surface area (Å²) in [7, 11) is 0. The van der Waals surface area contributed by atoms with E-state index in [4.69, 9.17) is 26.1 Å². The van der Waals surface area contributed by atoms with Crippen LogP contribution in [0.25, 0.3) is 6.08 Å². The lowest BCUT2D eigenvalue weighted by Crippen LogP contribution is -2.39. The van der Waals surface area contributed by atoms with Crippen LogP contribution in [0.4, 0.5) is 0 Å². The number of H-pyrrole nitrogens is 1. The number of hydrogen-bond acceptors (Lipinski definition) is 8. The van der Waals surface area contributed by atoms with Gasteiger partial charge < -0.3 is 15.2 Å². The van der Waals surface area contributed by atoms with Crippen molar-refractivity contribution in [3.8, 4) is 0 Å². The summed E-state index contributed by atoms with van der Waals surface area (Å²) >= 11 is 5.47. The number of carbonyl (C=O) groups excluding carboxylic acids is 1. The van der Waals surface area contributed by atoms with Gasteiger partial charge in [-0.1, -0.05) is 11.6 Å². The zero-order valence-electron chi connectivity index (χ0n) is 14.3. The molecule has 0 amide bonds. The van der Waals surface area contributed by atoms with Gasteiger partial charge in [-0.3, -0.25) is 19.1 Å². The van der Waals surface area contributed by atoms with Crippen molar-refractivity contribution in [1.82, 2.24) is 14.9 Å². The van der Waals surface area contributed by atoms with Gasteiger partial charge >= 0.3 is 11.7 Å². The fraction of sp³-hybridized carbons (Fsp3) is 0.562. The van der Waals surface area contributed by atoms with E-state index in [0.29, 0.717) is 12.8 Å². The first kappa shape index (κ1) is 19.8. The van der Waals surface area contributed by atoms with Crippen molar-refractivity contribution in [2.24, 2.45) is 5.92 Å². The maximum Gasteiger partial charge on any atom is 0.330 e. The summed E-state index contributed by atoms with van der Waals surface area (Å²) in [5.74, 6) is -0.542. The first-order chi connectivity index (χ1) is 13.0. The van der Waals surface area contributed by atoms with Gasteiger partial charge in [0.1, 0.15) is 12.7 Å². The molecule has 0 radical (unpaired) electrons. The van der Waals surface area contributed by atoms with Crippen LogP contribution in [-0.2, 0) is 19.3 Å². The molecule has 3 heterocycles. The molecule has 148 valence electrons. The van der Waals surface area contributed by atoms with Gasteiger partial charge in [0.15, 0.2) is 6.10 Å². The monoisotopic (exact) mass is 401 g/mol. The number of halogens is 1. The van der Waals surface area contributed by atoms with Crippen molar-refractivity contribution in [2.75, 3.05) is 19.7 Å². The molecule has 10 nitrogen and oxygen atoms in total. The highest BCUT2D eigenvalue weighted by Crippen LogP contribution is 2.26. The number of ether oxygens (including phenoxy) is 1. The predicted octanol–water partition coefficient (Wildman–Crippen LogP) is -0.521. The number of carbonyl (C=O) groups is 1. The van der Waals surface area contributed by atoms with Crippen LogP contribution in [0.3, 0.4) is 0 Å². The summed E-state index contributed by atoms with van der Waals surface area (Å²) in [6.07, 6.45) is 0.399. The number of esters is 1. The van der Waals surface area contributed by atoms with Crippen LogP contribution in [0.1, 0.15) is 24.6 Å². The lowest BCUT2D eigenvalue weighted by molar-refractivity contribution is -0.315. The highest BCUT2D eigenvalue weighted by atomic mass is 35.5. The Balaban J connectivity index is 1.65. The molecule has 0 aliphatic carbocycles. The molecular weight excluding hydrogens is 382 g/mol. The van der Waals surface area contributed by atoms with Gasteiger partial charge in [-0.05, 0) is 32.0 Å². The van der Waals surface area contributed by atoms with Crippen LogP contribution >= 0.6 is 11.6 Å². The Morgan fingerprint density at radius 1 is 1.37 bits per heavy atom. The van der Waals surface area contributed by atoms with Gasteiger partial charge in [-0.25, -0.2) is 14.6 Å². The van der Waals surface area contributed by atoms with Gasteiger partial charge in [-0.15, -0.1) is 0 Å². The topological polar surface area (TPSA) is 132 Å². The number of aromatic amines is 1. The zero-order chi connectivity index (χ0) is 19.4. The summed E-state index contributed by atoms with van der Waals surface area (Å²) in [6.45, 7) is 1.29. The van der Waals surface area contributed by atoms with Gasteiger partial charge in [0.2, 0.25) is 6.23 Å². The maximum absolute atomic E-state index is 12.1. The third-order valence-corrected chi connectivity index (χ3v) is 4.65. The van der Waals surface area contributed by atoms with Crippen molar-refractivity contribution >= 4 is 23.6 Å². The van der Waals surface area contributed by atoms with Crippen LogP contribution < -0.4 is 16.6 Å². The molecule has 2 aliphatic heterocycles. The highest BCUT2D eigenvalue weighted by Gasteiger charge is 2.41. The molecule has 27 heavy (non-hydrogen) atoms. The second-order valence-corrected chi connectivity index (χ2v) is 6.56. The SMILES string of the molecule is O=C(OCC1OOC(n2cc(/C=C/Cl)c(=O)[nH]c2=O)C1O)C1CCNCC1. The summed E-state index contributed by atoms with van der Waals surface area (Å²) in [5.41, 5.74) is -0.202. The van der Waals surface area contributed by atoms with Gasteiger partial charge in [0.25, 0.3) is 5.56 Å². The third-order valence-electron chi connectivity index (χ3n) is 4.53. The molecule has 1 aromatic heterocycles. The first-order valence-corrected chi connectivity index (χ1v) is 8.94. The summed E-state index contributed by atoms with van der Waals surface area (Å²) in [6, 6.07) is 0. The van der Waals surface area contributed by atoms with Crippen LogP contribution in [0, 0.1) is 5.92 Å². The van der Waals surface area contributed by atoms with Crippen molar-refractivity contribution in [1.29, 1.82) is 0 Å². The van der Waals surface area contributed by atoms with Crippen LogP contribution in [0.5, 0.6) is 0 Å². The molecule has 11 heteroatoms. The number of aliphatic hydroxyl groups is 1. The summed E-state index contributed by atoms with van der Waals surface area (Å²) < 4.78 is 6.21. The van der Waals surface area contributed by atoms with E-state index in [1.165, 1.54) is 12.3 Å². The van der Waals surface area contributed by atoms with E-state index in [-0.39, 0.29) is 24.1 Å². The second kappa shape index (κ2) is 8.81. The molecule has 0 aromatic carbocycles. The van der Waals surface area contributed by atoms with Gasteiger partial charge in [-0.2, -0.15) is 0 Å². The number of aliphatic hydroxyl groups excluding tert-OH is 1. The average Bonchev–Trinajstić information content (AvgIpc) is 3.03. The Kier molecular flexibility index (Phi) is 6.45. The Morgan fingerprint density at radius 2 is 2.11 bits per heavy atom. The van der Waals surface area contributed by atoms with E-state index in [0.717, 1.165) is 23.2 Å². The minimum absolute atomic E-state index is 0.0983. The van der Waals surface area contributed by atoms with Crippen molar-refractivity contribution in [3.05, 3.63) is 38.1 Å². The number of nitrogens with one attached hydrogen (secondary N) is 2. The van der Waals surface area contributed by atoms with E-state index in [2.05, 4.69) is 10.3 Å². The maximum atomic E-state index is 12.1. The molecule has 0 bridgehead atoms. The summed E-state index contributed by atoms with van der Waals surface area (Å²) in [4.78, 5) is 47.9. The van der Waals surface area contributed by atoms with E-state index in [1.54, 1.807) is 0 Å². The molecule has 0 spiro atoms. The molecular formula is C16H20ClN3O7. The highest BCUT2D eigenvalue weighted by molar-refractivity contribution is 6.27. The molecule has 2 aliphatic rings. The van der Waals surface area contributed by atoms with E-state index in [1.807, 2.05) is 0 Å². The number of nitrogens with zero attached hydrogens (tertiary/aromatic N) is 1. The minimum Gasteiger partial charge on any atom is -0.462 e. The van der Waals surface area contributed by atoms with Gasteiger partial charge in [0.05, 0.1) is 11.5 Å². The first-order valence-electron chi connectivity index (χ1n) is 8.51. The lowest BCUT2D eigenvalue weighted by atomic mass is 9.98. The molecule has 2 fully saturated rings. The standard InChI is InChI=1S/C16H20ClN3O7/c17-4-1-10-7-20(16(24)19-13(10)22)14-12(21)11(26-27-14)8-25-15(23)9-2-5-18-6-3-9/h1,4,7,9,11-12,14,18,21H,2-3,5-6,8H2,(H,19,22,24)/b4-1+. The molecule has 3 atom stereocenters. The Labute approximate surface area is 158 Å². The molecule has 3 unspecified atom stereocenters. The molecule has 1 aromatic rings. The number of hydrogen-bond donors (Lipinski definition) is 3. The van der Waals surface area contributed by atoms with Crippen molar-refractivity contribution in [3.63, 3.8) is 0 Å². The number of aromatic nitrogens is 2. The van der Waals surface area contributed by atoms with Crippen LogP contribution in [-0.4, -0.2) is 52.5 Å². The van der Waals surface area contributed by atoms with Crippen LogP contribution in [0.15, 0.2) is 21.3 Å². The Hall–Kier alpha value is -1.98. The number of rotatable bonds is 5. The summed E-state index contributed by atoms with van der Waals surface area (Å²) in [5, 5.41) is 13.6. The Morgan fingerprint density at radius 3 is 2.81 bits per heavy atom. The van der Waals surface area contributed by atoms with E-state index >= 15 is 0 Å². The van der Waals surface area contributed by atoms with Crippen molar-refractivity contribution in [2.45, 2.75) is 31.3 Å². The minimum atomic E-state index is -1.29. The zero-order valence-corrected chi connectivity index (χ0v) is 15.1. The molecule has 3 rings (SSSR count). The molecule has 0 saturated carbocycles. The third kappa shape index (κ3) is 4.47. The fourth-order valence-corrected chi connectivity index (χ4v) is 3.12. The second-order valence-electron chi connectivity index (χ2n) is 6.31. The van der Waals surface area contributed by atoms with E-state index < -0.39 is 29.7 Å². The van der Waals surface area contributed by atoms with E-state index in [9.17, 15) is 19.5 Å². The fourth-order valence-electron chi connectivity index (χ4n) is 2.98. The smallest absolute Gasteiger partial charge is 0.330 e. The molecule has 2 saturated heterocycles. The lowest BCUT2D eigenvalue weighted by Gasteiger charge is -2.22. The largest absolute Gasteiger partial charge is 0.462 e. The van der Waals surface area contributed by atoms with Crippen LogP contribution in [0.2, 0.25) is 0 Å². The quantitative estimate of drug-likeness (QED) is 0.443.